The zero-order chi connectivity index (χ0) is 18.7. The van der Waals surface area contributed by atoms with Crippen molar-refractivity contribution in [3.05, 3.63) is 41.5 Å². The molecule has 0 spiro atoms. The Kier molecular flexibility index (Phi) is 5.32. The van der Waals surface area contributed by atoms with Crippen LogP contribution in [0.5, 0.6) is 0 Å². The minimum Gasteiger partial charge on any atom is -0.323 e. The van der Waals surface area contributed by atoms with Gasteiger partial charge in [0, 0.05) is 37.6 Å². The van der Waals surface area contributed by atoms with Crippen LogP contribution < -0.4 is 10.6 Å². The maximum Gasteiger partial charge on any atom is 0.275 e. The topological polar surface area (TPSA) is 92.2 Å². The Morgan fingerprint density at radius 3 is 2.81 bits per heavy atom. The third-order valence-electron chi connectivity index (χ3n) is 4.49. The van der Waals surface area contributed by atoms with Crippen molar-refractivity contribution in [2.75, 3.05) is 25.0 Å². The van der Waals surface area contributed by atoms with E-state index in [4.69, 9.17) is 0 Å². The first kappa shape index (κ1) is 18.1. The van der Waals surface area contributed by atoms with Gasteiger partial charge in [-0.05, 0) is 39.0 Å². The second-order valence-corrected chi connectivity index (χ2v) is 6.38. The number of aryl methyl sites for hydroxylation is 3. The lowest BCUT2D eigenvalue weighted by atomic mass is 10.1. The molecular weight excluding hydrogens is 332 g/mol. The van der Waals surface area contributed by atoms with Crippen molar-refractivity contribution in [2.45, 2.75) is 33.4 Å². The molecule has 0 radical (unpaired) electrons. The van der Waals surface area contributed by atoms with Gasteiger partial charge in [0.15, 0.2) is 5.69 Å². The van der Waals surface area contributed by atoms with Gasteiger partial charge in [0.2, 0.25) is 5.91 Å². The van der Waals surface area contributed by atoms with E-state index in [9.17, 15) is 9.59 Å². The summed E-state index contributed by atoms with van der Waals surface area (Å²) in [4.78, 5) is 31.4. The molecule has 8 heteroatoms. The van der Waals surface area contributed by atoms with Crippen LogP contribution in [0.4, 0.5) is 5.69 Å². The van der Waals surface area contributed by atoms with Crippen molar-refractivity contribution in [3.8, 4) is 0 Å². The maximum atomic E-state index is 12.9. The summed E-state index contributed by atoms with van der Waals surface area (Å²) in [6.45, 7) is 7.99. The van der Waals surface area contributed by atoms with Crippen LogP contribution in [-0.4, -0.2) is 57.2 Å². The van der Waals surface area contributed by atoms with E-state index in [0.717, 1.165) is 11.4 Å². The van der Waals surface area contributed by atoms with Crippen LogP contribution in [0.25, 0.3) is 0 Å². The van der Waals surface area contributed by atoms with Crippen molar-refractivity contribution >= 4 is 17.5 Å². The summed E-state index contributed by atoms with van der Waals surface area (Å²) in [6, 6.07) is 4.81. The molecule has 2 amide bonds. The van der Waals surface area contributed by atoms with Gasteiger partial charge in [0.1, 0.15) is 6.04 Å². The molecule has 2 aromatic heterocycles. The summed E-state index contributed by atoms with van der Waals surface area (Å²) in [7, 11) is 0. The van der Waals surface area contributed by atoms with Crippen LogP contribution in [0.1, 0.15) is 28.8 Å². The van der Waals surface area contributed by atoms with Gasteiger partial charge < -0.3 is 15.5 Å². The SMILES string of the molecule is CCn1nc(C(=O)N2CCNCC2C(=O)Nc2ccc(C)nc2)cc1C. The van der Waals surface area contributed by atoms with Crippen molar-refractivity contribution in [1.82, 2.24) is 25.0 Å². The van der Waals surface area contributed by atoms with Crippen LogP contribution in [0.3, 0.4) is 0 Å². The number of rotatable bonds is 4. The average Bonchev–Trinajstić information content (AvgIpc) is 3.03. The lowest BCUT2D eigenvalue weighted by molar-refractivity contribution is -0.121. The van der Waals surface area contributed by atoms with Gasteiger partial charge in [-0.15, -0.1) is 0 Å². The fourth-order valence-electron chi connectivity index (χ4n) is 3.03. The van der Waals surface area contributed by atoms with E-state index in [1.54, 1.807) is 27.9 Å². The molecule has 0 saturated carbocycles. The van der Waals surface area contributed by atoms with E-state index in [0.29, 0.717) is 37.6 Å². The van der Waals surface area contributed by atoms with Crippen molar-refractivity contribution in [3.63, 3.8) is 0 Å². The smallest absolute Gasteiger partial charge is 0.275 e. The molecule has 0 bridgehead atoms. The highest BCUT2D eigenvalue weighted by Crippen LogP contribution is 2.14. The van der Waals surface area contributed by atoms with Gasteiger partial charge in [-0.3, -0.25) is 19.3 Å². The number of hydrogen-bond donors (Lipinski definition) is 2. The van der Waals surface area contributed by atoms with Gasteiger partial charge in [-0.2, -0.15) is 5.10 Å². The molecule has 1 fully saturated rings. The number of pyridine rings is 1. The highest BCUT2D eigenvalue weighted by molar-refractivity contribution is 6.00. The second-order valence-electron chi connectivity index (χ2n) is 6.38. The first-order chi connectivity index (χ1) is 12.5. The highest BCUT2D eigenvalue weighted by Gasteiger charge is 2.33. The van der Waals surface area contributed by atoms with Gasteiger partial charge in [-0.25, -0.2) is 0 Å². The predicted molar refractivity (Wildman–Crippen MR) is 97.9 cm³/mol. The summed E-state index contributed by atoms with van der Waals surface area (Å²) in [6.07, 6.45) is 1.61. The Labute approximate surface area is 152 Å². The fourth-order valence-corrected chi connectivity index (χ4v) is 3.03. The summed E-state index contributed by atoms with van der Waals surface area (Å²) in [5.74, 6) is -0.452. The third kappa shape index (κ3) is 3.75. The molecule has 2 aromatic rings. The molecule has 1 aliphatic rings. The molecule has 8 nitrogen and oxygen atoms in total. The van der Waals surface area contributed by atoms with E-state index < -0.39 is 6.04 Å². The molecular formula is C18H24N6O2. The Hall–Kier alpha value is -2.74. The largest absolute Gasteiger partial charge is 0.323 e. The van der Waals surface area contributed by atoms with Crippen molar-refractivity contribution in [2.24, 2.45) is 0 Å². The van der Waals surface area contributed by atoms with Crippen LogP contribution in [0.15, 0.2) is 24.4 Å². The molecule has 26 heavy (non-hydrogen) atoms. The number of carbonyl (C=O) groups excluding carboxylic acids is 2. The quantitative estimate of drug-likeness (QED) is 0.852. The van der Waals surface area contributed by atoms with Gasteiger partial charge >= 0.3 is 0 Å². The minimum atomic E-state index is -0.593. The Balaban J connectivity index is 1.77. The van der Waals surface area contributed by atoms with E-state index in [1.807, 2.05) is 26.8 Å². The number of nitrogens with one attached hydrogen (secondary N) is 2. The van der Waals surface area contributed by atoms with Gasteiger partial charge in [0.25, 0.3) is 5.91 Å². The number of anilines is 1. The molecule has 1 aliphatic heterocycles. The summed E-state index contributed by atoms with van der Waals surface area (Å²) in [5.41, 5.74) is 2.80. The Morgan fingerprint density at radius 1 is 1.35 bits per heavy atom. The molecule has 2 N–H and O–H groups in total. The summed E-state index contributed by atoms with van der Waals surface area (Å²) in [5, 5.41) is 10.4. The van der Waals surface area contributed by atoms with Gasteiger partial charge in [-0.1, -0.05) is 0 Å². The number of piperazine rings is 1. The molecule has 1 unspecified atom stereocenters. The lowest BCUT2D eigenvalue weighted by Crippen LogP contribution is -2.58. The fraction of sp³-hybridized carbons (Fsp3) is 0.444. The zero-order valence-electron chi connectivity index (χ0n) is 15.3. The van der Waals surface area contributed by atoms with Crippen molar-refractivity contribution in [1.29, 1.82) is 0 Å². The van der Waals surface area contributed by atoms with Gasteiger partial charge in [0.05, 0.1) is 11.9 Å². The predicted octanol–water partition coefficient (Wildman–Crippen LogP) is 0.968. The second kappa shape index (κ2) is 7.65. The van der Waals surface area contributed by atoms with E-state index in [2.05, 4.69) is 20.7 Å². The van der Waals surface area contributed by atoms with Crippen LogP contribution >= 0.6 is 0 Å². The first-order valence-corrected chi connectivity index (χ1v) is 8.79. The number of amides is 2. The van der Waals surface area contributed by atoms with E-state index in [-0.39, 0.29) is 11.8 Å². The normalized spacial score (nSPS) is 17.2. The minimum absolute atomic E-state index is 0.219. The van der Waals surface area contributed by atoms with Crippen LogP contribution in [0, 0.1) is 13.8 Å². The van der Waals surface area contributed by atoms with Crippen LogP contribution in [-0.2, 0) is 11.3 Å². The zero-order valence-corrected chi connectivity index (χ0v) is 15.3. The molecule has 3 rings (SSSR count). The Bertz CT molecular complexity index is 799. The number of hydrogen-bond acceptors (Lipinski definition) is 5. The average molecular weight is 356 g/mol. The van der Waals surface area contributed by atoms with E-state index >= 15 is 0 Å². The molecule has 0 aliphatic carbocycles. The summed E-state index contributed by atoms with van der Waals surface area (Å²) >= 11 is 0. The summed E-state index contributed by atoms with van der Waals surface area (Å²) < 4.78 is 1.78. The standard InChI is InChI=1S/C18H24N6O2/c1-4-24-13(3)9-15(22-24)18(26)23-8-7-19-11-16(23)17(25)21-14-6-5-12(2)20-10-14/h5-6,9-10,16,19H,4,7-8,11H2,1-3H3,(H,21,25). The number of nitrogens with zero attached hydrogens (tertiary/aromatic N) is 4. The first-order valence-electron chi connectivity index (χ1n) is 8.79. The number of aromatic nitrogens is 3. The highest BCUT2D eigenvalue weighted by atomic mass is 16.2. The maximum absolute atomic E-state index is 12.9. The molecule has 3 heterocycles. The lowest BCUT2D eigenvalue weighted by Gasteiger charge is -2.34. The third-order valence-corrected chi connectivity index (χ3v) is 4.49. The molecule has 138 valence electrons. The molecule has 0 aromatic carbocycles. The Morgan fingerprint density at radius 2 is 2.15 bits per heavy atom. The van der Waals surface area contributed by atoms with E-state index in [1.165, 1.54) is 0 Å². The molecule has 1 saturated heterocycles. The van der Waals surface area contributed by atoms with Crippen molar-refractivity contribution < 1.29 is 9.59 Å². The number of carbonyl (C=O) groups is 2. The molecule has 1 atom stereocenters. The van der Waals surface area contributed by atoms with Crippen LogP contribution in [0.2, 0.25) is 0 Å². The monoisotopic (exact) mass is 356 g/mol.